The highest BCUT2D eigenvalue weighted by atomic mass is 19.1. The Hall–Kier alpha value is -2.21. The van der Waals surface area contributed by atoms with Gasteiger partial charge in [-0.25, -0.2) is 9.37 Å². The van der Waals surface area contributed by atoms with E-state index in [-0.39, 0.29) is 17.1 Å². The van der Waals surface area contributed by atoms with Gasteiger partial charge in [0.05, 0.1) is 18.2 Å². The second kappa shape index (κ2) is 8.03. The van der Waals surface area contributed by atoms with Crippen LogP contribution in [0.25, 0.3) is 0 Å². The number of piperidine rings is 1. The van der Waals surface area contributed by atoms with Gasteiger partial charge in [-0.3, -0.25) is 9.69 Å². The first-order valence-corrected chi connectivity index (χ1v) is 10.2. The molecule has 5 nitrogen and oxygen atoms in total. The summed E-state index contributed by atoms with van der Waals surface area (Å²) in [5, 5.41) is 0. The van der Waals surface area contributed by atoms with E-state index in [9.17, 15) is 9.18 Å². The number of halogens is 1. The molecule has 0 saturated carbocycles. The van der Waals surface area contributed by atoms with Gasteiger partial charge in [-0.1, -0.05) is 12.1 Å². The molecule has 0 spiro atoms. The maximum absolute atomic E-state index is 13.4. The molecule has 1 unspecified atom stereocenters. The number of likely N-dealkylation sites (tertiary alicyclic amines) is 2. The van der Waals surface area contributed by atoms with Gasteiger partial charge in [0.25, 0.3) is 0 Å². The third kappa shape index (κ3) is 4.27. The Kier molecular flexibility index (Phi) is 5.49. The van der Waals surface area contributed by atoms with Crippen LogP contribution in [-0.2, 0) is 16.6 Å². The molecule has 1 atom stereocenters. The lowest BCUT2D eigenvalue weighted by atomic mass is 9.81. The molecule has 2 aliphatic heterocycles. The van der Waals surface area contributed by atoms with Crippen molar-refractivity contribution in [3.63, 3.8) is 0 Å². The Morgan fingerprint density at radius 2 is 2.07 bits per heavy atom. The van der Waals surface area contributed by atoms with Gasteiger partial charge in [0.2, 0.25) is 11.8 Å². The molecule has 2 aromatic rings. The predicted molar refractivity (Wildman–Crippen MR) is 105 cm³/mol. The highest BCUT2D eigenvalue weighted by Crippen LogP contribution is 2.34. The highest BCUT2D eigenvalue weighted by molar-refractivity contribution is 5.78. The van der Waals surface area contributed by atoms with Gasteiger partial charge in [0.15, 0.2) is 0 Å². The van der Waals surface area contributed by atoms with E-state index in [0.29, 0.717) is 25.4 Å². The summed E-state index contributed by atoms with van der Waals surface area (Å²) in [5.74, 6) is 1.36. The summed E-state index contributed by atoms with van der Waals surface area (Å²) in [6, 6.07) is 6.54. The topological polar surface area (TPSA) is 49.6 Å². The van der Waals surface area contributed by atoms with Crippen molar-refractivity contribution in [1.29, 1.82) is 0 Å². The minimum atomic E-state index is -0.279. The Labute approximate surface area is 165 Å². The average molecular weight is 385 g/mol. The quantitative estimate of drug-likeness (QED) is 0.792. The number of aromatic nitrogens is 1. The van der Waals surface area contributed by atoms with E-state index >= 15 is 0 Å². The van der Waals surface area contributed by atoms with Crippen molar-refractivity contribution in [2.75, 3.05) is 32.7 Å². The summed E-state index contributed by atoms with van der Waals surface area (Å²) in [4.78, 5) is 21.5. The fraction of sp³-hybridized carbons (Fsp3) is 0.545. The number of rotatable bonds is 5. The van der Waals surface area contributed by atoms with Crippen molar-refractivity contribution in [1.82, 2.24) is 14.8 Å². The van der Waals surface area contributed by atoms with Gasteiger partial charge in [0.1, 0.15) is 11.6 Å². The molecule has 6 heteroatoms. The molecular formula is C22H28FN3O2. The van der Waals surface area contributed by atoms with Crippen molar-refractivity contribution < 1.29 is 13.6 Å². The van der Waals surface area contributed by atoms with E-state index in [4.69, 9.17) is 4.42 Å². The maximum Gasteiger partial charge on any atom is 0.236 e. The zero-order valence-corrected chi connectivity index (χ0v) is 16.5. The standard InChI is InChI=1S/C22H28FN3O2/c1-22(8-5-11-26(16-22)20(27)15-25-9-2-3-10-25)21-24-14-19(28-21)13-17-6-4-7-18(23)12-17/h4,6-7,12,14H,2-3,5,8-11,13,15-16H2,1H3. The molecule has 2 fully saturated rings. The summed E-state index contributed by atoms with van der Waals surface area (Å²) in [6.07, 6.45) is 6.52. The number of hydrogen-bond donors (Lipinski definition) is 0. The van der Waals surface area contributed by atoms with Gasteiger partial charge in [-0.05, 0) is 63.4 Å². The van der Waals surface area contributed by atoms with Crippen LogP contribution in [0.5, 0.6) is 0 Å². The summed E-state index contributed by atoms with van der Waals surface area (Å²) in [5.41, 5.74) is 0.581. The fourth-order valence-corrected chi connectivity index (χ4v) is 4.38. The van der Waals surface area contributed by atoms with E-state index in [0.717, 1.165) is 43.8 Å². The summed E-state index contributed by atoms with van der Waals surface area (Å²) >= 11 is 0. The minimum Gasteiger partial charge on any atom is -0.445 e. The normalized spacial score (nSPS) is 23.3. The van der Waals surface area contributed by atoms with Gasteiger partial charge < -0.3 is 9.32 Å². The number of oxazole rings is 1. The molecule has 2 aliphatic rings. The van der Waals surface area contributed by atoms with Crippen LogP contribution < -0.4 is 0 Å². The van der Waals surface area contributed by atoms with Crippen LogP contribution in [0.3, 0.4) is 0 Å². The Balaban J connectivity index is 1.42. The maximum atomic E-state index is 13.4. The Morgan fingerprint density at radius 1 is 1.25 bits per heavy atom. The number of amides is 1. The second-order valence-electron chi connectivity index (χ2n) is 8.40. The molecule has 3 heterocycles. The number of carbonyl (C=O) groups excluding carboxylic acids is 1. The number of benzene rings is 1. The molecular weight excluding hydrogens is 357 g/mol. The largest absolute Gasteiger partial charge is 0.445 e. The van der Waals surface area contributed by atoms with Gasteiger partial charge in [-0.15, -0.1) is 0 Å². The molecule has 2 saturated heterocycles. The van der Waals surface area contributed by atoms with Crippen molar-refractivity contribution in [2.45, 2.75) is 44.4 Å². The average Bonchev–Trinajstić information content (AvgIpc) is 3.34. The predicted octanol–water partition coefficient (Wildman–Crippen LogP) is 3.38. The smallest absolute Gasteiger partial charge is 0.236 e. The van der Waals surface area contributed by atoms with Crippen LogP contribution in [-0.4, -0.2) is 53.4 Å². The van der Waals surface area contributed by atoms with E-state index in [1.807, 2.05) is 11.0 Å². The lowest BCUT2D eigenvalue weighted by molar-refractivity contribution is -0.134. The first-order valence-electron chi connectivity index (χ1n) is 10.2. The lowest BCUT2D eigenvalue weighted by Gasteiger charge is -2.39. The molecule has 150 valence electrons. The molecule has 1 aromatic carbocycles. The molecule has 0 radical (unpaired) electrons. The number of nitrogens with zero attached hydrogens (tertiary/aromatic N) is 3. The molecule has 0 bridgehead atoms. The molecule has 1 amide bonds. The molecule has 28 heavy (non-hydrogen) atoms. The van der Waals surface area contributed by atoms with Crippen molar-refractivity contribution in [3.05, 3.63) is 53.5 Å². The van der Waals surface area contributed by atoms with Crippen molar-refractivity contribution in [2.24, 2.45) is 0 Å². The molecule has 1 aromatic heterocycles. The SMILES string of the molecule is CC1(c2ncc(Cc3cccc(F)c3)o2)CCCN(C(=O)CN2CCCC2)C1. The minimum absolute atomic E-state index is 0.208. The van der Waals surface area contributed by atoms with Crippen LogP contribution in [0.4, 0.5) is 4.39 Å². The first-order chi connectivity index (χ1) is 13.5. The van der Waals surface area contributed by atoms with E-state index in [2.05, 4.69) is 16.8 Å². The van der Waals surface area contributed by atoms with Crippen LogP contribution in [0.2, 0.25) is 0 Å². The summed E-state index contributed by atoms with van der Waals surface area (Å²) in [7, 11) is 0. The first kappa shape index (κ1) is 19.1. The van der Waals surface area contributed by atoms with E-state index < -0.39 is 0 Å². The van der Waals surface area contributed by atoms with E-state index in [1.165, 1.54) is 25.0 Å². The Morgan fingerprint density at radius 3 is 2.86 bits per heavy atom. The van der Waals surface area contributed by atoms with Crippen LogP contribution in [0.15, 0.2) is 34.9 Å². The van der Waals surface area contributed by atoms with Crippen molar-refractivity contribution in [3.8, 4) is 0 Å². The van der Waals surface area contributed by atoms with Crippen LogP contribution >= 0.6 is 0 Å². The summed E-state index contributed by atoms with van der Waals surface area (Å²) < 4.78 is 19.5. The third-order valence-electron chi connectivity index (χ3n) is 5.94. The molecule has 0 N–H and O–H groups in total. The van der Waals surface area contributed by atoms with Crippen molar-refractivity contribution >= 4 is 5.91 Å². The van der Waals surface area contributed by atoms with Crippen LogP contribution in [0.1, 0.15) is 49.8 Å². The van der Waals surface area contributed by atoms with Gasteiger partial charge >= 0.3 is 0 Å². The zero-order valence-electron chi connectivity index (χ0n) is 16.5. The van der Waals surface area contributed by atoms with Gasteiger partial charge in [0, 0.05) is 19.5 Å². The highest BCUT2D eigenvalue weighted by Gasteiger charge is 2.38. The number of carbonyl (C=O) groups is 1. The second-order valence-corrected chi connectivity index (χ2v) is 8.40. The van der Waals surface area contributed by atoms with Gasteiger partial charge in [-0.2, -0.15) is 0 Å². The fourth-order valence-electron chi connectivity index (χ4n) is 4.38. The lowest BCUT2D eigenvalue weighted by Crippen LogP contribution is -2.49. The molecule has 4 rings (SSSR count). The number of hydrogen-bond acceptors (Lipinski definition) is 4. The zero-order chi connectivity index (χ0) is 19.6. The monoisotopic (exact) mass is 385 g/mol. The summed E-state index contributed by atoms with van der Waals surface area (Å²) in [6.45, 7) is 6.14. The third-order valence-corrected chi connectivity index (χ3v) is 5.94. The van der Waals surface area contributed by atoms with E-state index in [1.54, 1.807) is 12.3 Å². The molecule has 0 aliphatic carbocycles. The van der Waals surface area contributed by atoms with Crippen LogP contribution in [0, 0.1) is 5.82 Å². The Bertz CT molecular complexity index is 831.